The van der Waals surface area contributed by atoms with Gasteiger partial charge in [0.05, 0.1) is 6.26 Å². The van der Waals surface area contributed by atoms with Gasteiger partial charge in [-0.3, -0.25) is 4.79 Å². The normalized spacial score (nSPS) is 12.5. The molecule has 2 rings (SSSR count). The maximum absolute atomic E-state index is 12.3. The Bertz CT molecular complexity index is 806. The Hall–Kier alpha value is -2.05. The molecule has 0 heterocycles. The molecule has 0 bridgehead atoms. The van der Waals surface area contributed by atoms with Gasteiger partial charge in [0.25, 0.3) is 5.91 Å². The predicted octanol–water partition coefficient (Wildman–Crippen LogP) is 2.84. The van der Waals surface area contributed by atoms with E-state index in [0.29, 0.717) is 16.3 Å². The molecule has 122 valence electrons. The number of nitrogens with one attached hydrogen (secondary N) is 1. The predicted molar refractivity (Wildman–Crippen MR) is 89.0 cm³/mol. The molecular formula is C16H16ClNO4S. The highest BCUT2D eigenvalue weighted by atomic mass is 35.5. The van der Waals surface area contributed by atoms with Crippen LogP contribution < -0.4 is 9.46 Å². The molecule has 23 heavy (non-hydrogen) atoms. The van der Waals surface area contributed by atoms with Gasteiger partial charge in [0, 0.05) is 10.6 Å². The first-order valence-corrected chi connectivity index (χ1v) is 9.02. The second kappa shape index (κ2) is 7.02. The van der Waals surface area contributed by atoms with Crippen molar-refractivity contribution in [3.63, 3.8) is 0 Å². The van der Waals surface area contributed by atoms with E-state index in [9.17, 15) is 13.2 Å². The fourth-order valence-electron chi connectivity index (χ4n) is 2.01. The molecule has 2 aromatic rings. The van der Waals surface area contributed by atoms with Gasteiger partial charge >= 0.3 is 0 Å². The summed E-state index contributed by atoms with van der Waals surface area (Å²) in [6, 6.07) is 13.6. The smallest absolute Gasteiger partial charge is 0.279 e. The first kappa shape index (κ1) is 17.3. The molecule has 0 spiro atoms. The van der Waals surface area contributed by atoms with Gasteiger partial charge in [-0.05, 0) is 30.7 Å². The quantitative estimate of drug-likeness (QED) is 0.897. The fraction of sp³-hybridized carbons (Fsp3) is 0.188. The summed E-state index contributed by atoms with van der Waals surface area (Å²) in [5.74, 6) is -0.306. The highest BCUT2D eigenvalue weighted by Gasteiger charge is 2.25. The van der Waals surface area contributed by atoms with Crippen molar-refractivity contribution in [3.05, 3.63) is 64.7 Å². The van der Waals surface area contributed by atoms with Crippen molar-refractivity contribution < 1.29 is 17.9 Å². The van der Waals surface area contributed by atoms with Crippen molar-refractivity contribution in [1.82, 2.24) is 4.72 Å². The van der Waals surface area contributed by atoms with Crippen LogP contribution in [0, 0.1) is 6.92 Å². The van der Waals surface area contributed by atoms with Gasteiger partial charge in [0.1, 0.15) is 5.75 Å². The molecule has 0 aromatic heterocycles. The summed E-state index contributed by atoms with van der Waals surface area (Å²) in [4.78, 5) is 12.3. The van der Waals surface area contributed by atoms with Gasteiger partial charge in [-0.25, -0.2) is 13.1 Å². The number of rotatable bonds is 5. The number of hydrogen-bond donors (Lipinski definition) is 1. The Morgan fingerprint density at radius 2 is 1.83 bits per heavy atom. The number of carbonyl (C=O) groups excluding carboxylic acids is 1. The summed E-state index contributed by atoms with van der Waals surface area (Å²) < 4.78 is 30.4. The Balaban J connectivity index is 2.36. The van der Waals surface area contributed by atoms with Crippen LogP contribution in [0.25, 0.3) is 0 Å². The molecule has 0 fully saturated rings. The molecule has 0 aliphatic carbocycles. The molecule has 2 aromatic carbocycles. The van der Waals surface area contributed by atoms with E-state index in [-0.39, 0.29) is 0 Å². The molecule has 0 saturated heterocycles. The van der Waals surface area contributed by atoms with Crippen LogP contribution in [0.1, 0.15) is 17.2 Å². The standard InChI is InChI=1S/C16H16ClNO4S/c1-11-10-13(17)8-9-14(11)22-15(12-6-4-3-5-7-12)16(19)18-23(2,20)21/h3-10,15H,1-2H3,(H,18,19). The van der Waals surface area contributed by atoms with Gasteiger partial charge in [0.15, 0.2) is 0 Å². The molecule has 1 amide bonds. The number of ether oxygens (including phenoxy) is 1. The Labute approximate surface area is 140 Å². The molecule has 0 aliphatic heterocycles. The molecule has 5 nitrogen and oxygen atoms in total. The van der Waals surface area contributed by atoms with E-state index in [1.807, 2.05) is 4.72 Å². The lowest BCUT2D eigenvalue weighted by Gasteiger charge is -2.20. The van der Waals surface area contributed by atoms with E-state index < -0.39 is 22.0 Å². The summed E-state index contributed by atoms with van der Waals surface area (Å²) in [5.41, 5.74) is 1.29. The lowest BCUT2D eigenvalue weighted by molar-refractivity contribution is -0.126. The number of halogens is 1. The first-order valence-electron chi connectivity index (χ1n) is 6.75. The second-order valence-electron chi connectivity index (χ2n) is 5.06. The highest BCUT2D eigenvalue weighted by Crippen LogP contribution is 2.27. The van der Waals surface area contributed by atoms with Crippen LogP contribution in [0.2, 0.25) is 5.02 Å². The van der Waals surface area contributed by atoms with Crippen molar-refractivity contribution in [3.8, 4) is 5.75 Å². The Kier molecular flexibility index (Phi) is 5.28. The number of hydrogen-bond acceptors (Lipinski definition) is 4. The lowest BCUT2D eigenvalue weighted by Crippen LogP contribution is -2.36. The third-order valence-electron chi connectivity index (χ3n) is 3.01. The molecule has 0 radical (unpaired) electrons. The summed E-state index contributed by atoms with van der Waals surface area (Å²) >= 11 is 5.91. The van der Waals surface area contributed by atoms with E-state index in [1.165, 1.54) is 0 Å². The lowest BCUT2D eigenvalue weighted by atomic mass is 10.1. The summed E-state index contributed by atoms with van der Waals surface area (Å²) in [7, 11) is -3.69. The highest BCUT2D eigenvalue weighted by molar-refractivity contribution is 7.89. The van der Waals surface area contributed by atoms with E-state index in [0.717, 1.165) is 11.8 Å². The van der Waals surface area contributed by atoms with E-state index in [1.54, 1.807) is 55.5 Å². The minimum Gasteiger partial charge on any atom is -0.476 e. The molecule has 1 atom stereocenters. The van der Waals surface area contributed by atoms with Crippen molar-refractivity contribution in [1.29, 1.82) is 0 Å². The van der Waals surface area contributed by atoms with Crippen LogP contribution in [0.4, 0.5) is 0 Å². The average molecular weight is 354 g/mol. The third-order valence-corrected chi connectivity index (χ3v) is 3.82. The molecule has 1 unspecified atom stereocenters. The molecular weight excluding hydrogens is 338 g/mol. The van der Waals surface area contributed by atoms with E-state index in [4.69, 9.17) is 16.3 Å². The SMILES string of the molecule is Cc1cc(Cl)ccc1OC(C(=O)NS(C)(=O)=O)c1ccccc1. The summed E-state index contributed by atoms with van der Waals surface area (Å²) in [6.07, 6.45) is -0.175. The fourth-order valence-corrected chi connectivity index (χ4v) is 2.71. The molecule has 7 heteroatoms. The second-order valence-corrected chi connectivity index (χ2v) is 7.24. The van der Waals surface area contributed by atoms with Crippen LogP contribution in [-0.2, 0) is 14.8 Å². The van der Waals surface area contributed by atoms with Crippen molar-refractivity contribution in [2.75, 3.05) is 6.26 Å². The summed E-state index contributed by atoms with van der Waals surface area (Å²) in [5, 5.41) is 0.548. The third kappa shape index (κ3) is 4.97. The van der Waals surface area contributed by atoms with E-state index >= 15 is 0 Å². The van der Waals surface area contributed by atoms with Gasteiger partial charge < -0.3 is 4.74 Å². The van der Waals surface area contributed by atoms with E-state index in [2.05, 4.69) is 0 Å². The zero-order valence-electron chi connectivity index (χ0n) is 12.6. The maximum atomic E-state index is 12.3. The number of carbonyl (C=O) groups is 1. The summed E-state index contributed by atoms with van der Waals surface area (Å²) in [6.45, 7) is 1.79. The van der Waals surface area contributed by atoms with Crippen LogP contribution in [0.15, 0.2) is 48.5 Å². The molecule has 0 saturated carbocycles. The van der Waals surface area contributed by atoms with Gasteiger partial charge in [-0.1, -0.05) is 41.9 Å². The van der Waals surface area contributed by atoms with Crippen LogP contribution in [-0.4, -0.2) is 20.6 Å². The topological polar surface area (TPSA) is 72.5 Å². The zero-order chi connectivity index (χ0) is 17.0. The first-order chi connectivity index (χ1) is 10.8. The number of sulfonamides is 1. The van der Waals surface area contributed by atoms with Crippen molar-refractivity contribution in [2.45, 2.75) is 13.0 Å². The van der Waals surface area contributed by atoms with Gasteiger partial charge in [-0.2, -0.15) is 0 Å². The van der Waals surface area contributed by atoms with Crippen LogP contribution in [0.5, 0.6) is 5.75 Å². The van der Waals surface area contributed by atoms with Gasteiger partial charge in [-0.15, -0.1) is 0 Å². The number of amides is 1. The molecule has 1 N–H and O–H groups in total. The minimum absolute atomic E-state index is 0.451. The Morgan fingerprint density at radius 3 is 2.39 bits per heavy atom. The van der Waals surface area contributed by atoms with Crippen molar-refractivity contribution >= 4 is 27.5 Å². The molecule has 0 aliphatic rings. The monoisotopic (exact) mass is 353 g/mol. The van der Waals surface area contributed by atoms with Crippen LogP contribution in [0.3, 0.4) is 0 Å². The maximum Gasteiger partial charge on any atom is 0.279 e. The largest absolute Gasteiger partial charge is 0.476 e. The number of benzene rings is 2. The minimum atomic E-state index is -3.69. The zero-order valence-corrected chi connectivity index (χ0v) is 14.2. The average Bonchev–Trinajstić information content (AvgIpc) is 2.45. The van der Waals surface area contributed by atoms with Crippen molar-refractivity contribution in [2.24, 2.45) is 0 Å². The Morgan fingerprint density at radius 1 is 1.17 bits per heavy atom. The van der Waals surface area contributed by atoms with Crippen LogP contribution >= 0.6 is 11.6 Å². The number of aryl methyl sites for hydroxylation is 1. The van der Waals surface area contributed by atoms with Gasteiger partial charge in [0.2, 0.25) is 16.1 Å².